The molecule has 6 heteroatoms. The summed E-state index contributed by atoms with van der Waals surface area (Å²) in [5, 5.41) is 6.74. The molecule has 1 aromatic carbocycles. The predicted molar refractivity (Wildman–Crippen MR) is 82.8 cm³/mol. The van der Waals surface area contributed by atoms with Crippen molar-refractivity contribution >= 4 is 11.8 Å². The molecule has 1 amide bonds. The average Bonchev–Trinajstić information content (AvgIpc) is 2.95. The Hall–Kier alpha value is -2.50. The van der Waals surface area contributed by atoms with Crippen LogP contribution >= 0.6 is 0 Å². The van der Waals surface area contributed by atoms with Crippen molar-refractivity contribution in [3.05, 3.63) is 35.0 Å². The van der Waals surface area contributed by atoms with Crippen LogP contribution in [-0.4, -0.2) is 25.3 Å². The van der Waals surface area contributed by atoms with E-state index in [-0.39, 0.29) is 5.91 Å². The van der Waals surface area contributed by atoms with Crippen LogP contribution in [0.5, 0.6) is 11.5 Å². The van der Waals surface area contributed by atoms with Crippen molar-refractivity contribution in [2.24, 2.45) is 0 Å². The molecule has 0 aliphatic carbocycles. The first kappa shape index (κ1) is 15.9. The fourth-order valence-corrected chi connectivity index (χ4v) is 2.24. The van der Waals surface area contributed by atoms with E-state index in [1.807, 2.05) is 13.8 Å². The Morgan fingerprint density at radius 3 is 2.59 bits per heavy atom. The molecule has 0 fully saturated rings. The predicted octanol–water partition coefficient (Wildman–Crippen LogP) is 3.07. The molecule has 1 N–H and O–H groups in total. The third-order valence-electron chi connectivity index (χ3n) is 3.44. The first-order valence-corrected chi connectivity index (χ1v) is 7.15. The zero-order chi connectivity index (χ0) is 16.1. The molecule has 6 nitrogen and oxygen atoms in total. The molecule has 0 saturated carbocycles. The van der Waals surface area contributed by atoms with Crippen LogP contribution in [0.2, 0.25) is 0 Å². The maximum atomic E-state index is 12.5. The Morgan fingerprint density at radius 1 is 1.23 bits per heavy atom. The molecule has 2 aromatic rings. The minimum atomic E-state index is -0.329. The van der Waals surface area contributed by atoms with Crippen LogP contribution in [0.1, 0.15) is 35.5 Å². The van der Waals surface area contributed by atoms with Gasteiger partial charge in [0, 0.05) is 5.56 Å². The summed E-state index contributed by atoms with van der Waals surface area (Å²) in [5.41, 5.74) is 2.14. The molecule has 118 valence electrons. The number of aromatic nitrogens is 1. The zero-order valence-electron chi connectivity index (χ0n) is 13.2. The number of methoxy groups -OCH3 is 2. The number of hydrogen-bond donors (Lipinski definition) is 1. The number of nitrogens with one attached hydrogen (secondary N) is 1. The van der Waals surface area contributed by atoms with Crippen LogP contribution in [0, 0.1) is 0 Å². The number of rotatable bonds is 6. The van der Waals surface area contributed by atoms with Crippen LogP contribution in [0.25, 0.3) is 0 Å². The highest BCUT2D eigenvalue weighted by atomic mass is 16.5. The lowest BCUT2D eigenvalue weighted by Gasteiger charge is -2.10. The van der Waals surface area contributed by atoms with Crippen molar-refractivity contribution in [2.45, 2.75) is 26.7 Å². The van der Waals surface area contributed by atoms with Crippen LogP contribution in [0.3, 0.4) is 0 Å². The van der Waals surface area contributed by atoms with Crippen molar-refractivity contribution < 1.29 is 18.8 Å². The van der Waals surface area contributed by atoms with E-state index in [2.05, 4.69) is 10.5 Å². The largest absolute Gasteiger partial charge is 0.497 e. The number of aryl methyl sites for hydroxylation is 1. The molecule has 1 heterocycles. The monoisotopic (exact) mass is 304 g/mol. The Morgan fingerprint density at radius 2 is 2.00 bits per heavy atom. The van der Waals surface area contributed by atoms with Gasteiger partial charge in [0.2, 0.25) is 5.88 Å². The van der Waals surface area contributed by atoms with Crippen LogP contribution in [0.15, 0.2) is 22.7 Å². The van der Waals surface area contributed by atoms with Gasteiger partial charge in [0.15, 0.2) is 0 Å². The third-order valence-corrected chi connectivity index (χ3v) is 3.44. The van der Waals surface area contributed by atoms with E-state index >= 15 is 0 Å². The molecule has 22 heavy (non-hydrogen) atoms. The number of benzene rings is 1. The third kappa shape index (κ3) is 3.05. The fourth-order valence-electron chi connectivity index (χ4n) is 2.24. The standard InChI is InChI=1S/C16H20N2O4/c1-5-11-13(6-2)18-22-16(11)17-15(19)12-9-10(20-3)7-8-14(12)21-4/h7-9H,5-6H2,1-4H3,(H,17,19). The average molecular weight is 304 g/mol. The second kappa shape index (κ2) is 6.98. The Bertz CT molecular complexity index is 664. The van der Waals surface area contributed by atoms with Gasteiger partial charge in [-0.3, -0.25) is 10.1 Å². The second-order valence-electron chi connectivity index (χ2n) is 4.66. The highest BCUT2D eigenvalue weighted by molar-refractivity contribution is 6.06. The second-order valence-corrected chi connectivity index (χ2v) is 4.66. The molecule has 0 radical (unpaired) electrons. The van der Waals surface area contributed by atoms with E-state index in [0.29, 0.717) is 22.9 Å². The van der Waals surface area contributed by atoms with E-state index in [9.17, 15) is 4.79 Å². The fraction of sp³-hybridized carbons (Fsp3) is 0.375. The number of carbonyl (C=O) groups is 1. The van der Waals surface area contributed by atoms with Crippen molar-refractivity contribution in [2.75, 3.05) is 19.5 Å². The topological polar surface area (TPSA) is 73.6 Å². The molecule has 0 unspecified atom stereocenters. The molecule has 0 aliphatic rings. The minimum absolute atomic E-state index is 0.329. The number of nitrogens with zero attached hydrogens (tertiary/aromatic N) is 1. The molecule has 0 aliphatic heterocycles. The quantitative estimate of drug-likeness (QED) is 0.887. The lowest BCUT2D eigenvalue weighted by Crippen LogP contribution is -2.14. The van der Waals surface area contributed by atoms with Gasteiger partial charge >= 0.3 is 0 Å². The lowest BCUT2D eigenvalue weighted by atomic mass is 10.1. The van der Waals surface area contributed by atoms with Gasteiger partial charge in [-0.05, 0) is 31.0 Å². The maximum absolute atomic E-state index is 12.5. The van der Waals surface area contributed by atoms with E-state index in [1.165, 1.54) is 7.11 Å². The summed E-state index contributed by atoms with van der Waals surface area (Å²) in [6, 6.07) is 5.04. The van der Waals surface area contributed by atoms with Crippen LogP contribution in [0.4, 0.5) is 5.88 Å². The number of amides is 1. The lowest BCUT2D eigenvalue weighted by molar-refractivity contribution is 0.102. The Labute approximate surface area is 129 Å². The molecule has 0 bridgehead atoms. The van der Waals surface area contributed by atoms with Gasteiger partial charge in [-0.15, -0.1) is 0 Å². The highest BCUT2D eigenvalue weighted by Gasteiger charge is 2.19. The molecule has 2 rings (SSSR count). The van der Waals surface area contributed by atoms with E-state index in [4.69, 9.17) is 14.0 Å². The summed E-state index contributed by atoms with van der Waals surface area (Å²) >= 11 is 0. The van der Waals surface area contributed by atoms with Gasteiger partial charge < -0.3 is 14.0 Å². The minimum Gasteiger partial charge on any atom is -0.497 e. The zero-order valence-corrected chi connectivity index (χ0v) is 13.2. The summed E-state index contributed by atoms with van der Waals surface area (Å²) in [5.74, 6) is 1.10. The Balaban J connectivity index is 2.31. The van der Waals surface area contributed by atoms with Gasteiger partial charge in [-0.2, -0.15) is 0 Å². The Kier molecular flexibility index (Phi) is 5.04. The van der Waals surface area contributed by atoms with E-state index in [1.54, 1.807) is 25.3 Å². The molecular weight excluding hydrogens is 284 g/mol. The summed E-state index contributed by atoms with van der Waals surface area (Å²) in [7, 11) is 3.06. The summed E-state index contributed by atoms with van der Waals surface area (Å²) < 4.78 is 15.6. The summed E-state index contributed by atoms with van der Waals surface area (Å²) in [4.78, 5) is 12.5. The van der Waals surface area contributed by atoms with Crippen molar-refractivity contribution in [3.63, 3.8) is 0 Å². The first-order valence-electron chi connectivity index (χ1n) is 7.15. The van der Waals surface area contributed by atoms with Gasteiger partial charge in [0.1, 0.15) is 11.5 Å². The molecule has 0 atom stereocenters. The van der Waals surface area contributed by atoms with Crippen molar-refractivity contribution in [1.29, 1.82) is 0 Å². The number of anilines is 1. The molecular formula is C16H20N2O4. The van der Waals surface area contributed by atoms with Gasteiger partial charge in [-0.1, -0.05) is 19.0 Å². The summed E-state index contributed by atoms with van der Waals surface area (Å²) in [6.07, 6.45) is 1.49. The van der Waals surface area contributed by atoms with Gasteiger partial charge in [0.25, 0.3) is 5.91 Å². The number of carbonyl (C=O) groups excluding carboxylic acids is 1. The van der Waals surface area contributed by atoms with Gasteiger partial charge in [-0.25, -0.2) is 0 Å². The molecule has 0 saturated heterocycles. The van der Waals surface area contributed by atoms with E-state index in [0.717, 1.165) is 24.1 Å². The van der Waals surface area contributed by atoms with Crippen LogP contribution < -0.4 is 14.8 Å². The first-order chi connectivity index (χ1) is 10.6. The molecule has 0 spiro atoms. The smallest absolute Gasteiger partial charge is 0.261 e. The van der Waals surface area contributed by atoms with Gasteiger partial charge in [0.05, 0.1) is 25.5 Å². The normalized spacial score (nSPS) is 10.4. The molecule has 1 aromatic heterocycles. The van der Waals surface area contributed by atoms with E-state index < -0.39 is 0 Å². The maximum Gasteiger partial charge on any atom is 0.261 e. The van der Waals surface area contributed by atoms with Crippen molar-refractivity contribution in [3.8, 4) is 11.5 Å². The summed E-state index contributed by atoms with van der Waals surface area (Å²) in [6.45, 7) is 3.99. The van der Waals surface area contributed by atoms with Crippen molar-refractivity contribution in [1.82, 2.24) is 5.16 Å². The van der Waals surface area contributed by atoms with Crippen LogP contribution in [-0.2, 0) is 12.8 Å². The number of hydrogen-bond acceptors (Lipinski definition) is 5. The SMILES string of the molecule is CCc1noc(NC(=O)c2cc(OC)ccc2OC)c1CC. The number of ether oxygens (including phenoxy) is 2. The highest BCUT2D eigenvalue weighted by Crippen LogP contribution is 2.26.